The quantitative estimate of drug-likeness (QED) is 0.471. The van der Waals surface area contributed by atoms with Crippen molar-refractivity contribution in [3.63, 3.8) is 0 Å². The molecule has 1 aromatic carbocycles. The van der Waals surface area contributed by atoms with E-state index in [1.807, 2.05) is 13.8 Å². The molecule has 0 aliphatic heterocycles. The summed E-state index contributed by atoms with van der Waals surface area (Å²) in [5, 5.41) is 12.5. The van der Waals surface area contributed by atoms with Crippen molar-refractivity contribution in [2.75, 3.05) is 11.9 Å². The number of nitrogens with one attached hydrogen (secondary N) is 3. The van der Waals surface area contributed by atoms with Gasteiger partial charge in [0.1, 0.15) is 18.2 Å². The van der Waals surface area contributed by atoms with E-state index in [1.54, 1.807) is 24.3 Å². The van der Waals surface area contributed by atoms with Crippen LogP contribution in [0.3, 0.4) is 0 Å². The molecule has 18 heavy (non-hydrogen) atoms. The first-order valence-electron chi connectivity index (χ1n) is 5.60. The van der Waals surface area contributed by atoms with Crippen LogP contribution in [0.25, 0.3) is 0 Å². The summed E-state index contributed by atoms with van der Waals surface area (Å²) in [6.07, 6.45) is 0. The summed E-state index contributed by atoms with van der Waals surface area (Å²) in [4.78, 5) is 11.5. The number of nitrogens with two attached hydrogens (primary N) is 1. The Morgan fingerprint density at radius 2 is 2.22 bits per heavy atom. The molecule has 0 bridgehead atoms. The maximum Gasteiger partial charge on any atom is 0.319 e. The number of amides is 2. The molecule has 0 spiro atoms. The summed E-state index contributed by atoms with van der Waals surface area (Å²) < 4.78 is 5.25. The van der Waals surface area contributed by atoms with Gasteiger partial charge in [0.25, 0.3) is 0 Å². The van der Waals surface area contributed by atoms with Crippen LogP contribution in [0.15, 0.2) is 24.3 Å². The van der Waals surface area contributed by atoms with Crippen molar-refractivity contribution in [2.45, 2.75) is 19.9 Å². The first-order valence-corrected chi connectivity index (χ1v) is 5.60. The largest absolute Gasteiger partial charge is 0.486 e. The number of carbonyl (C=O) groups excluding carboxylic acids is 1. The topological polar surface area (TPSA) is 100 Å². The van der Waals surface area contributed by atoms with E-state index in [2.05, 4.69) is 10.6 Å². The van der Waals surface area contributed by atoms with Crippen molar-refractivity contribution < 1.29 is 9.53 Å². The number of amidine groups is 1. The smallest absolute Gasteiger partial charge is 0.319 e. The standard InChI is InChI=1S/C12H18N4O2/c1-8(2)15-12(17)16-9-4-3-5-10(6-9)18-7-11(13)14/h3-6,8H,7H2,1-2H3,(H3,13,14)(H2,15,16,17). The fourth-order valence-electron chi connectivity index (χ4n) is 1.25. The van der Waals surface area contributed by atoms with Gasteiger partial charge in [0, 0.05) is 17.8 Å². The van der Waals surface area contributed by atoms with Crippen LogP contribution in [0.5, 0.6) is 5.75 Å². The second kappa shape index (κ2) is 6.48. The summed E-state index contributed by atoms with van der Waals surface area (Å²) in [5.74, 6) is 0.499. The lowest BCUT2D eigenvalue weighted by atomic mass is 10.3. The molecule has 0 aliphatic carbocycles. The summed E-state index contributed by atoms with van der Waals surface area (Å²) in [5.41, 5.74) is 5.81. The van der Waals surface area contributed by atoms with Gasteiger partial charge in [-0.3, -0.25) is 5.41 Å². The average molecular weight is 250 g/mol. The fraction of sp³-hybridized carbons (Fsp3) is 0.333. The maximum atomic E-state index is 11.5. The van der Waals surface area contributed by atoms with Crippen LogP contribution in [-0.4, -0.2) is 24.5 Å². The van der Waals surface area contributed by atoms with Gasteiger partial charge >= 0.3 is 6.03 Å². The lowest BCUT2D eigenvalue weighted by molar-refractivity contribution is 0.250. The van der Waals surface area contributed by atoms with E-state index in [1.165, 1.54) is 0 Å². The number of hydrogen-bond acceptors (Lipinski definition) is 3. The Morgan fingerprint density at radius 3 is 2.83 bits per heavy atom. The number of ether oxygens (including phenoxy) is 1. The van der Waals surface area contributed by atoms with Crippen molar-refractivity contribution in [3.05, 3.63) is 24.3 Å². The van der Waals surface area contributed by atoms with Crippen LogP contribution in [0.1, 0.15) is 13.8 Å². The van der Waals surface area contributed by atoms with Crippen LogP contribution in [-0.2, 0) is 0 Å². The molecule has 98 valence electrons. The minimum absolute atomic E-state index is 0.0294. The molecular formula is C12H18N4O2. The molecule has 0 fully saturated rings. The molecule has 1 aromatic rings. The highest BCUT2D eigenvalue weighted by molar-refractivity contribution is 5.89. The van der Waals surface area contributed by atoms with E-state index < -0.39 is 0 Å². The van der Waals surface area contributed by atoms with Crippen LogP contribution < -0.4 is 21.1 Å². The van der Waals surface area contributed by atoms with Crippen molar-refractivity contribution in [1.29, 1.82) is 5.41 Å². The molecule has 0 heterocycles. The number of rotatable bonds is 5. The Kier molecular flexibility index (Phi) is 4.98. The monoisotopic (exact) mass is 250 g/mol. The number of carbonyl (C=O) groups is 1. The van der Waals surface area contributed by atoms with E-state index in [0.29, 0.717) is 11.4 Å². The second-order valence-corrected chi connectivity index (χ2v) is 4.09. The molecule has 0 unspecified atom stereocenters. The number of urea groups is 1. The third-order valence-electron chi connectivity index (χ3n) is 1.91. The summed E-state index contributed by atoms with van der Waals surface area (Å²) in [6, 6.07) is 6.70. The molecule has 0 atom stereocenters. The van der Waals surface area contributed by atoms with Gasteiger partial charge in [-0.15, -0.1) is 0 Å². The molecular weight excluding hydrogens is 232 g/mol. The summed E-state index contributed by atoms with van der Waals surface area (Å²) >= 11 is 0. The zero-order valence-corrected chi connectivity index (χ0v) is 10.5. The highest BCUT2D eigenvalue weighted by atomic mass is 16.5. The van der Waals surface area contributed by atoms with Crippen LogP contribution in [0.2, 0.25) is 0 Å². The van der Waals surface area contributed by atoms with E-state index in [4.69, 9.17) is 15.9 Å². The zero-order valence-electron chi connectivity index (χ0n) is 10.5. The molecule has 6 nitrogen and oxygen atoms in total. The molecule has 0 aromatic heterocycles. The Balaban J connectivity index is 2.59. The molecule has 0 aliphatic rings. The number of anilines is 1. The van der Waals surface area contributed by atoms with Crippen molar-refractivity contribution in [1.82, 2.24) is 5.32 Å². The first-order chi connectivity index (χ1) is 8.47. The summed E-state index contributed by atoms with van der Waals surface area (Å²) in [7, 11) is 0. The van der Waals surface area contributed by atoms with Crippen LogP contribution >= 0.6 is 0 Å². The predicted octanol–water partition coefficient (Wildman–Crippen LogP) is 1.53. The predicted molar refractivity (Wildman–Crippen MR) is 71.1 cm³/mol. The highest BCUT2D eigenvalue weighted by Gasteiger charge is 2.04. The lowest BCUT2D eigenvalue weighted by Crippen LogP contribution is -2.34. The SMILES string of the molecule is CC(C)NC(=O)Nc1cccc(OCC(=N)N)c1. The molecule has 5 N–H and O–H groups in total. The maximum absolute atomic E-state index is 11.5. The van der Waals surface area contributed by atoms with E-state index in [0.717, 1.165) is 0 Å². The van der Waals surface area contributed by atoms with E-state index in [-0.39, 0.29) is 24.5 Å². The van der Waals surface area contributed by atoms with E-state index >= 15 is 0 Å². The van der Waals surface area contributed by atoms with Gasteiger partial charge in [-0.25, -0.2) is 4.79 Å². The molecule has 6 heteroatoms. The number of benzene rings is 1. The van der Waals surface area contributed by atoms with Gasteiger partial charge in [-0.1, -0.05) is 6.07 Å². The van der Waals surface area contributed by atoms with Gasteiger partial charge in [0.15, 0.2) is 0 Å². The molecule has 1 rings (SSSR count). The normalized spacial score (nSPS) is 9.94. The Labute approximate surface area is 106 Å². The second-order valence-electron chi connectivity index (χ2n) is 4.09. The van der Waals surface area contributed by atoms with E-state index in [9.17, 15) is 4.79 Å². The van der Waals surface area contributed by atoms with Crippen molar-refractivity contribution >= 4 is 17.6 Å². The average Bonchev–Trinajstić information content (AvgIpc) is 2.25. The van der Waals surface area contributed by atoms with Crippen LogP contribution in [0.4, 0.5) is 10.5 Å². The van der Waals surface area contributed by atoms with Gasteiger partial charge in [-0.05, 0) is 26.0 Å². The number of hydrogen-bond donors (Lipinski definition) is 4. The zero-order chi connectivity index (χ0) is 13.5. The molecule has 0 saturated heterocycles. The lowest BCUT2D eigenvalue weighted by Gasteiger charge is -2.11. The Morgan fingerprint density at radius 1 is 1.50 bits per heavy atom. The highest BCUT2D eigenvalue weighted by Crippen LogP contribution is 2.17. The third-order valence-corrected chi connectivity index (χ3v) is 1.91. The minimum atomic E-state index is -0.270. The first kappa shape index (κ1) is 13.8. The molecule has 0 saturated carbocycles. The van der Waals surface area contributed by atoms with Crippen molar-refractivity contribution in [3.8, 4) is 5.75 Å². The Bertz CT molecular complexity index is 432. The van der Waals surface area contributed by atoms with Crippen molar-refractivity contribution in [2.24, 2.45) is 5.73 Å². The van der Waals surface area contributed by atoms with Crippen LogP contribution in [0, 0.1) is 5.41 Å². The van der Waals surface area contributed by atoms with Gasteiger partial charge < -0.3 is 21.1 Å². The Hall–Kier alpha value is -2.24. The minimum Gasteiger partial charge on any atom is -0.486 e. The molecule has 0 radical (unpaired) electrons. The summed E-state index contributed by atoms with van der Waals surface area (Å²) in [6.45, 7) is 3.79. The van der Waals surface area contributed by atoms with Gasteiger partial charge in [0.2, 0.25) is 0 Å². The van der Waals surface area contributed by atoms with Gasteiger partial charge in [-0.2, -0.15) is 0 Å². The third kappa shape index (κ3) is 5.20. The fourth-order valence-corrected chi connectivity index (χ4v) is 1.25. The van der Waals surface area contributed by atoms with Gasteiger partial charge in [0.05, 0.1) is 0 Å². The molecule has 2 amide bonds.